The lowest BCUT2D eigenvalue weighted by Crippen LogP contribution is -2.29. The predicted molar refractivity (Wildman–Crippen MR) is 49.3 cm³/mol. The molecule has 0 fully saturated rings. The zero-order chi connectivity index (χ0) is 9.31. The zero-order valence-corrected chi connectivity index (χ0v) is 7.23. The molecule has 13 heavy (non-hydrogen) atoms. The lowest BCUT2D eigenvalue weighted by Gasteiger charge is -2.18. The number of para-hydroxylation sites is 1. The first-order chi connectivity index (χ1) is 6.32. The van der Waals surface area contributed by atoms with E-state index in [9.17, 15) is 4.79 Å². The van der Waals surface area contributed by atoms with Crippen molar-refractivity contribution >= 4 is 18.2 Å². The van der Waals surface area contributed by atoms with Crippen LogP contribution in [0.3, 0.4) is 0 Å². The van der Waals surface area contributed by atoms with Crippen molar-refractivity contribution in [1.82, 2.24) is 0 Å². The summed E-state index contributed by atoms with van der Waals surface area (Å²) in [5.41, 5.74) is 0.653. The van der Waals surface area contributed by atoms with E-state index in [4.69, 9.17) is 4.74 Å². The molecule has 1 aromatic carbocycles. The van der Waals surface area contributed by atoms with Crippen molar-refractivity contribution < 1.29 is 9.53 Å². The van der Waals surface area contributed by atoms with Gasteiger partial charge in [0.2, 0.25) is 0 Å². The van der Waals surface area contributed by atoms with E-state index in [-0.39, 0.29) is 0 Å². The Morgan fingerprint density at radius 1 is 1.46 bits per heavy atom. The molecule has 0 saturated carbocycles. The summed E-state index contributed by atoms with van der Waals surface area (Å²) in [5, 5.41) is 0. The highest BCUT2D eigenvalue weighted by Crippen LogP contribution is 2.35. The first kappa shape index (κ1) is 8.13. The molecule has 0 unspecified atom stereocenters. The summed E-state index contributed by atoms with van der Waals surface area (Å²) in [6.07, 6.45) is 2.30. The van der Waals surface area contributed by atoms with E-state index in [0.717, 1.165) is 17.5 Å². The highest BCUT2D eigenvalue weighted by molar-refractivity contribution is 5.98. The standard InChI is InChI=1S/C10H9NO2/c1-13-10(7-12)6-11-9-5-3-2-4-8(9)10/h2-7H,1H3/t10-/m1/s1. The SMILES string of the molecule is CO[C@@]1(C=O)C=Nc2ccccc21. The second-order valence-electron chi connectivity index (χ2n) is 2.89. The maximum Gasteiger partial charge on any atom is 0.185 e. The molecule has 0 aliphatic carbocycles. The highest BCUT2D eigenvalue weighted by Gasteiger charge is 2.35. The fraction of sp³-hybridized carbons (Fsp3) is 0.200. The van der Waals surface area contributed by atoms with Gasteiger partial charge in [-0.25, -0.2) is 0 Å². The van der Waals surface area contributed by atoms with Gasteiger partial charge in [-0.1, -0.05) is 18.2 Å². The number of benzene rings is 1. The minimum atomic E-state index is -0.962. The van der Waals surface area contributed by atoms with Crippen LogP contribution in [0.4, 0.5) is 5.69 Å². The van der Waals surface area contributed by atoms with Crippen LogP contribution in [-0.4, -0.2) is 19.6 Å². The summed E-state index contributed by atoms with van der Waals surface area (Å²) in [6, 6.07) is 7.45. The van der Waals surface area contributed by atoms with Gasteiger partial charge in [-0.15, -0.1) is 0 Å². The Morgan fingerprint density at radius 3 is 2.92 bits per heavy atom. The maximum atomic E-state index is 10.9. The third kappa shape index (κ3) is 1.01. The van der Waals surface area contributed by atoms with Crippen LogP contribution in [0, 0.1) is 0 Å². The van der Waals surface area contributed by atoms with E-state index < -0.39 is 5.60 Å². The van der Waals surface area contributed by atoms with Gasteiger partial charge in [-0.3, -0.25) is 9.79 Å². The van der Waals surface area contributed by atoms with Crippen LogP contribution in [0.2, 0.25) is 0 Å². The van der Waals surface area contributed by atoms with E-state index in [2.05, 4.69) is 4.99 Å². The number of rotatable bonds is 2. The van der Waals surface area contributed by atoms with Gasteiger partial charge in [0.15, 0.2) is 11.9 Å². The van der Waals surface area contributed by atoms with Crippen molar-refractivity contribution in [2.75, 3.05) is 7.11 Å². The topological polar surface area (TPSA) is 38.7 Å². The van der Waals surface area contributed by atoms with Crippen LogP contribution in [0.15, 0.2) is 29.3 Å². The second-order valence-corrected chi connectivity index (χ2v) is 2.89. The molecule has 3 nitrogen and oxygen atoms in total. The van der Waals surface area contributed by atoms with Crippen LogP contribution in [0.1, 0.15) is 5.56 Å². The van der Waals surface area contributed by atoms with Gasteiger partial charge in [0.05, 0.1) is 5.69 Å². The van der Waals surface area contributed by atoms with Crippen LogP contribution in [0.5, 0.6) is 0 Å². The number of hydrogen-bond donors (Lipinski definition) is 0. The van der Waals surface area contributed by atoms with Crippen molar-refractivity contribution in [2.45, 2.75) is 5.60 Å². The molecule has 1 atom stereocenters. The lowest BCUT2D eigenvalue weighted by molar-refractivity contribution is -0.120. The average Bonchev–Trinajstić information content (AvgIpc) is 2.58. The van der Waals surface area contributed by atoms with Crippen molar-refractivity contribution in [3.63, 3.8) is 0 Å². The van der Waals surface area contributed by atoms with Gasteiger partial charge in [-0.05, 0) is 6.07 Å². The number of hydrogen-bond acceptors (Lipinski definition) is 3. The Morgan fingerprint density at radius 2 is 2.23 bits per heavy atom. The van der Waals surface area contributed by atoms with Crippen molar-refractivity contribution in [2.24, 2.45) is 4.99 Å². The molecule has 2 rings (SSSR count). The monoisotopic (exact) mass is 175 g/mol. The molecule has 0 bridgehead atoms. The first-order valence-electron chi connectivity index (χ1n) is 3.98. The highest BCUT2D eigenvalue weighted by atomic mass is 16.5. The Balaban J connectivity index is 2.59. The summed E-state index contributed by atoms with van der Waals surface area (Å²) in [6.45, 7) is 0. The molecule has 0 aromatic heterocycles. The van der Waals surface area contributed by atoms with Gasteiger partial charge in [0, 0.05) is 18.9 Å². The second kappa shape index (κ2) is 2.78. The largest absolute Gasteiger partial charge is 0.360 e. The molecule has 0 radical (unpaired) electrons. The van der Waals surface area contributed by atoms with Gasteiger partial charge >= 0.3 is 0 Å². The predicted octanol–water partition coefficient (Wildman–Crippen LogP) is 1.44. The quantitative estimate of drug-likeness (QED) is 0.638. The van der Waals surface area contributed by atoms with Crippen LogP contribution >= 0.6 is 0 Å². The number of aldehydes is 1. The number of ether oxygens (including phenoxy) is 1. The molecular formula is C10H9NO2. The summed E-state index contributed by atoms with van der Waals surface area (Å²) < 4.78 is 5.16. The van der Waals surface area contributed by atoms with E-state index in [1.165, 1.54) is 13.3 Å². The van der Waals surface area contributed by atoms with E-state index >= 15 is 0 Å². The molecule has 3 heteroatoms. The number of aliphatic imine (C=N–C) groups is 1. The van der Waals surface area contributed by atoms with Crippen LogP contribution < -0.4 is 0 Å². The fourth-order valence-corrected chi connectivity index (χ4v) is 1.46. The number of methoxy groups -OCH3 is 1. The van der Waals surface area contributed by atoms with E-state index in [1.807, 2.05) is 24.3 Å². The minimum absolute atomic E-state index is 0.766. The van der Waals surface area contributed by atoms with E-state index in [1.54, 1.807) is 0 Å². The van der Waals surface area contributed by atoms with Crippen LogP contribution in [-0.2, 0) is 15.1 Å². The van der Waals surface area contributed by atoms with Crippen LogP contribution in [0.25, 0.3) is 0 Å². The summed E-state index contributed by atoms with van der Waals surface area (Å²) in [4.78, 5) is 15.0. The third-order valence-corrected chi connectivity index (χ3v) is 2.23. The Bertz CT molecular complexity index is 373. The molecule has 0 saturated heterocycles. The Labute approximate surface area is 76.1 Å². The molecule has 0 N–H and O–H groups in total. The third-order valence-electron chi connectivity index (χ3n) is 2.23. The van der Waals surface area contributed by atoms with Gasteiger partial charge in [0.25, 0.3) is 0 Å². The Kier molecular flexibility index (Phi) is 1.74. The fourth-order valence-electron chi connectivity index (χ4n) is 1.46. The number of nitrogens with zero attached hydrogens (tertiary/aromatic N) is 1. The molecule has 0 spiro atoms. The molecule has 0 amide bonds. The van der Waals surface area contributed by atoms with Crippen molar-refractivity contribution in [3.05, 3.63) is 29.8 Å². The first-order valence-corrected chi connectivity index (χ1v) is 3.98. The molecule has 1 aliphatic rings. The van der Waals surface area contributed by atoms with Gasteiger partial charge in [-0.2, -0.15) is 0 Å². The molecule has 1 aromatic rings. The molecular weight excluding hydrogens is 166 g/mol. The summed E-state index contributed by atoms with van der Waals surface area (Å²) in [5.74, 6) is 0. The zero-order valence-electron chi connectivity index (χ0n) is 7.23. The van der Waals surface area contributed by atoms with Gasteiger partial charge in [0.1, 0.15) is 0 Å². The normalized spacial score (nSPS) is 24.4. The smallest absolute Gasteiger partial charge is 0.185 e. The minimum Gasteiger partial charge on any atom is -0.360 e. The van der Waals surface area contributed by atoms with Gasteiger partial charge < -0.3 is 4.74 Å². The van der Waals surface area contributed by atoms with Crippen molar-refractivity contribution in [3.8, 4) is 0 Å². The summed E-state index contributed by atoms with van der Waals surface area (Å²) >= 11 is 0. The number of carbonyl (C=O) groups excluding carboxylic acids is 1. The maximum absolute atomic E-state index is 10.9. The molecule has 1 aliphatic heterocycles. The number of fused-ring (bicyclic) bond motifs is 1. The molecule has 1 heterocycles. The average molecular weight is 175 g/mol. The number of carbonyl (C=O) groups is 1. The Hall–Kier alpha value is -1.48. The van der Waals surface area contributed by atoms with E-state index in [0.29, 0.717) is 0 Å². The summed E-state index contributed by atoms with van der Waals surface area (Å²) in [7, 11) is 1.50. The lowest BCUT2D eigenvalue weighted by atomic mass is 9.98. The molecule has 66 valence electrons. The van der Waals surface area contributed by atoms with Crippen molar-refractivity contribution in [1.29, 1.82) is 0 Å².